The van der Waals surface area contributed by atoms with Gasteiger partial charge in [0.05, 0.1) is 22.1 Å². The maximum absolute atomic E-state index is 2.49. The Hall–Kier alpha value is -10.5. The second kappa shape index (κ2) is 18.8. The Morgan fingerprint density at radius 1 is 0.235 bits per heavy atom. The summed E-state index contributed by atoms with van der Waals surface area (Å²) in [5, 5.41) is 2.48. The van der Waals surface area contributed by atoms with Crippen LogP contribution in [0.1, 0.15) is 22.3 Å². The Morgan fingerprint density at radius 3 is 1.09 bits per heavy atom. The second-order valence-electron chi connectivity index (χ2n) is 21.5. The molecular formula is C79H52N2. The molecule has 1 heterocycles. The molecule has 2 aliphatic rings. The highest BCUT2D eigenvalue weighted by Crippen LogP contribution is 2.63. The average Bonchev–Trinajstić information content (AvgIpc) is 4.24. The highest BCUT2D eigenvalue weighted by atomic mass is 15.1. The summed E-state index contributed by atoms with van der Waals surface area (Å²) >= 11 is 0. The lowest BCUT2D eigenvalue weighted by Gasteiger charge is -2.32. The van der Waals surface area contributed by atoms with E-state index < -0.39 is 5.41 Å². The minimum Gasteiger partial charge on any atom is -0.310 e. The van der Waals surface area contributed by atoms with Crippen molar-refractivity contribution in [2.24, 2.45) is 0 Å². The highest BCUT2D eigenvalue weighted by molar-refractivity contribution is 6.12. The van der Waals surface area contributed by atoms with Gasteiger partial charge in [0.2, 0.25) is 0 Å². The number of nitrogens with zero attached hydrogens (tertiary/aromatic N) is 2. The van der Waals surface area contributed by atoms with Gasteiger partial charge >= 0.3 is 0 Å². The lowest BCUT2D eigenvalue weighted by molar-refractivity contribution is 0.793. The molecule has 0 fully saturated rings. The van der Waals surface area contributed by atoms with Crippen LogP contribution in [0.15, 0.2) is 315 Å². The zero-order valence-corrected chi connectivity index (χ0v) is 44.4. The van der Waals surface area contributed by atoms with E-state index in [0.29, 0.717) is 0 Å². The van der Waals surface area contributed by atoms with Gasteiger partial charge in [0.1, 0.15) is 0 Å². The van der Waals surface area contributed by atoms with Crippen molar-refractivity contribution in [1.82, 2.24) is 4.57 Å². The topological polar surface area (TPSA) is 8.17 Å². The number of benzene rings is 13. The van der Waals surface area contributed by atoms with Crippen LogP contribution in [0.5, 0.6) is 0 Å². The molecule has 0 atom stereocenters. The molecule has 0 bridgehead atoms. The average molecular weight is 1030 g/mol. The Labute approximate surface area is 472 Å². The fraction of sp³-hybridized carbons (Fsp3) is 0.0127. The molecule has 378 valence electrons. The smallest absolute Gasteiger partial charge is 0.0726 e. The maximum atomic E-state index is 2.49. The van der Waals surface area contributed by atoms with E-state index in [4.69, 9.17) is 0 Å². The fourth-order valence-electron chi connectivity index (χ4n) is 13.6. The molecule has 0 saturated heterocycles. The highest BCUT2D eigenvalue weighted by Gasteiger charge is 2.51. The first kappa shape index (κ1) is 46.5. The van der Waals surface area contributed by atoms with E-state index in [1.54, 1.807) is 0 Å². The van der Waals surface area contributed by atoms with E-state index in [0.717, 1.165) is 28.3 Å². The SMILES string of the molecule is c1ccc(-c2ccc3c(c2)c2cc(-c4ccccc4)ccc2n3-c2ccc(-c3ccc(-c4ccc(N(c5ccc6c(c5)C5(c7ccccc7-c7ccccc75)c5ccccc5-6)c5ccccc5-c5ccccc5)cc4)cc3)cc2)cc1. The Morgan fingerprint density at radius 2 is 0.593 bits per heavy atom. The second-order valence-corrected chi connectivity index (χ2v) is 21.5. The molecule has 0 saturated carbocycles. The van der Waals surface area contributed by atoms with Gasteiger partial charge in [0, 0.05) is 33.4 Å². The summed E-state index contributed by atoms with van der Waals surface area (Å²) in [4.78, 5) is 2.46. The van der Waals surface area contributed by atoms with Crippen molar-refractivity contribution < 1.29 is 0 Å². The summed E-state index contributed by atoms with van der Waals surface area (Å²) in [6, 6.07) is 116. The van der Waals surface area contributed by atoms with Gasteiger partial charge in [-0.25, -0.2) is 0 Å². The molecule has 0 unspecified atom stereocenters. The van der Waals surface area contributed by atoms with Gasteiger partial charge in [-0.05, 0) is 161 Å². The van der Waals surface area contributed by atoms with E-state index in [2.05, 4.69) is 325 Å². The van der Waals surface area contributed by atoms with E-state index in [1.165, 1.54) is 116 Å². The number of para-hydroxylation sites is 1. The largest absolute Gasteiger partial charge is 0.310 e. The molecule has 0 radical (unpaired) electrons. The lowest BCUT2D eigenvalue weighted by atomic mass is 9.70. The van der Waals surface area contributed by atoms with Gasteiger partial charge in [0.25, 0.3) is 0 Å². The molecule has 1 spiro atoms. The van der Waals surface area contributed by atoms with E-state index in [9.17, 15) is 0 Å². The Balaban J connectivity index is 0.751. The Kier molecular flexibility index (Phi) is 10.8. The normalized spacial score (nSPS) is 12.5. The molecule has 2 aliphatic carbocycles. The van der Waals surface area contributed by atoms with Crippen molar-refractivity contribution in [3.8, 4) is 83.6 Å². The van der Waals surface area contributed by atoms with Crippen LogP contribution in [0, 0.1) is 0 Å². The van der Waals surface area contributed by atoms with Crippen molar-refractivity contribution in [2.75, 3.05) is 4.90 Å². The zero-order chi connectivity index (χ0) is 53.4. The van der Waals surface area contributed by atoms with Gasteiger partial charge in [0.15, 0.2) is 0 Å². The van der Waals surface area contributed by atoms with E-state index in [-0.39, 0.29) is 0 Å². The van der Waals surface area contributed by atoms with Crippen molar-refractivity contribution >= 4 is 38.9 Å². The number of aromatic nitrogens is 1. The van der Waals surface area contributed by atoms with E-state index >= 15 is 0 Å². The number of anilines is 3. The van der Waals surface area contributed by atoms with Crippen LogP contribution in [0.2, 0.25) is 0 Å². The predicted octanol–water partition coefficient (Wildman–Crippen LogP) is 20.9. The van der Waals surface area contributed by atoms with Crippen LogP contribution in [0.3, 0.4) is 0 Å². The van der Waals surface area contributed by atoms with Crippen LogP contribution in [-0.2, 0) is 5.41 Å². The van der Waals surface area contributed by atoms with Crippen LogP contribution < -0.4 is 4.90 Å². The molecule has 0 N–H and O–H groups in total. The Bertz CT molecular complexity index is 4550. The van der Waals surface area contributed by atoms with E-state index in [1.807, 2.05) is 0 Å². The summed E-state index contributed by atoms with van der Waals surface area (Å²) in [7, 11) is 0. The van der Waals surface area contributed by atoms with Crippen LogP contribution >= 0.6 is 0 Å². The molecule has 0 aliphatic heterocycles. The van der Waals surface area contributed by atoms with Crippen molar-refractivity contribution in [3.63, 3.8) is 0 Å². The first-order valence-electron chi connectivity index (χ1n) is 28.1. The number of rotatable bonds is 9. The lowest BCUT2D eigenvalue weighted by Crippen LogP contribution is -2.26. The number of hydrogen-bond acceptors (Lipinski definition) is 1. The number of hydrogen-bond donors (Lipinski definition) is 0. The summed E-state index contributed by atoms with van der Waals surface area (Å²) in [6.07, 6.45) is 0. The summed E-state index contributed by atoms with van der Waals surface area (Å²) < 4.78 is 2.42. The summed E-state index contributed by atoms with van der Waals surface area (Å²) in [6.45, 7) is 0. The monoisotopic (exact) mass is 1030 g/mol. The molecule has 1 aromatic heterocycles. The molecule has 81 heavy (non-hydrogen) atoms. The molecule has 2 heteroatoms. The minimum atomic E-state index is -0.453. The maximum Gasteiger partial charge on any atom is 0.0726 e. The standard InChI is InChI=1S/C79H52N2/c1-4-18-53(19-5-1)60-40-48-77-70(50-60)71-51-61(54-20-6-2-7-21-54)41-49-78(71)81(77)63-44-38-58(39-45-63)56-34-32-55(33-35-56)57-36-42-62(43-37-57)80(76-31-17-13-24-65(76)59-22-8-3-9-23-59)64-46-47-69-68-27-12-16-30-74(68)79(75(69)52-64)72-28-14-10-25-66(72)67-26-11-15-29-73(67)79/h1-52H. The van der Waals surface area contributed by atoms with Gasteiger partial charge in [-0.15, -0.1) is 0 Å². The van der Waals surface area contributed by atoms with Crippen molar-refractivity contribution in [1.29, 1.82) is 0 Å². The summed E-state index contributed by atoms with van der Waals surface area (Å²) in [5.74, 6) is 0. The predicted molar refractivity (Wildman–Crippen MR) is 339 cm³/mol. The van der Waals surface area contributed by atoms with Crippen LogP contribution in [0.4, 0.5) is 17.1 Å². The first-order chi connectivity index (χ1) is 40.2. The molecular weight excluding hydrogens is 977 g/mol. The molecule has 13 aromatic carbocycles. The third-order valence-corrected chi connectivity index (χ3v) is 17.3. The van der Waals surface area contributed by atoms with Crippen molar-refractivity contribution in [3.05, 3.63) is 338 Å². The quantitative estimate of drug-likeness (QED) is 0.140. The minimum absolute atomic E-state index is 0.453. The third-order valence-electron chi connectivity index (χ3n) is 17.3. The van der Waals surface area contributed by atoms with Crippen molar-refractivity contribution in [2.45, 2.75) is 5.41 Å². The van der Waals surface area contributed by atoms with Gasteiger partial charge in [-0.3, -0.25) is 0 Å². The molecule has 16 rings (SSSR count). The fourth-order valence-corrected chi connectivity index (χ4v) is 13.6. The number of fused-ring (bicyclic) bond motifs is 13. The zero-order valence-electron chi connectivity index (χ0n) is 44.4. The molecule has 2 nitrogen and oxygen atoms in total. The molecule has 0 amide bonds. The molecule has 14 aromatic rings. The van der Waals surface area contributed by atoms with Crippen LogP contribution in [-0.4, -0.2) is 4.57 Å². The van der Waals surface area contributed by atoms with Gasteiger partial charge in [-0.1, -0.05) is 249 Å². The van der Waals surface area contributed by atoms with Gasteiger partial charge in [-0.2, -0.15) is 0 Å². The van der Waals surface area contributed by atoms with Gasteiger partial charge < -0.3 is 9.47 Å². The first-order valence-corrected chi connectivity index (χ1v) is 28.1. The third kappa shape index (κ3) is 7.42. The van der Waals surface area contributed by atoms with Crippen LogP contribution in [0.25, 0.3) is 105 Å². The summed E-state index contributed by atoms with van der Waals surface area (Å²) in [5.41, 5.74) is 28.8.